The number of benzene rings is 1. The standard InChI is InChI=1S/C20H28N2O3S/c1-3-10-25-18-9-6-15(12-19(18)23-2)13-22(14-17-5-4-11-24-17)20(26)21-16-7-8-16/h3,6,9,12,16-17H,1,4-5,7-8,10-11,13-14H2,2H3,(H,21,26)/t17-/m1/s1. The van der Waals surface area contributed by atoms with Crippen molar-refractivity contribution in [3.05, 3.63) is 36.4 Å². The van der Waals surface area contributed by atoms with Gasteiger partial charge in [0.05, 0.1) is 13.2 Å². The van der Waals surface area contributed by atoms with Gasteiger partial charge in [-0.3, -0.25) is 0 Å². The van der Waals surface area contributed by atoms with Gasteiger partial charge in [-0.2, -0.15) is 0 Å². The number of methoxy groups -OCH3 is 1. The Bertz CT molecular complexity index is 627. The Balaban J connectivity index is 1.69. The van der Waals surface area contributed by atoms with Crippen LogP contribution in [0.1, 0.15) is 31.2 Å². The second-order valence-electron chi connectivity index (χ2n) is 6.82. The predicted octanol–water partition coefficient (Wildman–Crippen LogP) is 3.28. The fourth-order valence-electron chi connectivity index (χ4n) is 3.05. The minimum absolute atomic E-state index is 0.256. The van der Waals surface area contributed by atoms with E-state index in [1.54, 1.807) is 13.2 Å². The summed E-state index contributed by atoms with van der Waals surface area (Å²) >= 11 is 5.66. The van der Waals surface area contributed by atoms with Gasteiger partial charge in [-0.15, -0.1) is 0 Å². The SMILES string of the molecule is C=CCOc1ccc(CN(C[C@H]2CCCO2)C(=S)NC2CC2)cc1OC. The molecule has 1 atom stereocenters. The van der Waals surface area contributed by atoms with Crippen molar-refractivity contribution >= 4 is 17.3 Å². The van der Waals surface area contributed by atoms with Crippen molar-refractivity contribution in [3.8, 4) is 11.5 Å². The summed E-state index contributed by atoms with van der Waals surface area (Å²) in [6, 6.07) is 6.56. The highest BCUT2D eigenvalue weighted by Gasteiger charge is 2.26. The minimum atomic E-state index is 0.256. The van der Waals surface area contributed by atoms with Crippen LogP contribution >= 0.6 is 12.2 Å². The molecule has 1 saturated heterocycles. The maximum Gasteiger partial charge on any atom is 0.169 e. The van der Waals surface area contributed by atoms with Crippen molar-refractivity contribution in [2.75, 3.05) is 26.9 Å². The molecule has 1 N–H and O–H groups in total. The summed E-state index contributed by atoms with van der Waals surface area (Å²) in [6.45, 7) is 6.52. The molecule has 3 rings (SSSR count). The highest BCUT2D eigenvalue weighted by Crippen LogP contribution is 2.29. The number of nitrogens with zero attached hydrogens (tertiary/aromatic N) is 1. The van der Waals surface area contributed by atoms with Gasteiger partial charge in [0.15, 0.2) is 16.6 Å². The molecule has 0 spiro atoms. The third kappa shape index (κ3) is 5.35. The van der Waals surface area contributed by atoms with Gasteiger partial charge in [0, 0.05) is 25.7 Å². The zero-order valence-electron chi connectivity index (χ0n) is 15.4. The Morgan fingerprint density at radius 2 is 2.23 bits per heavy atom. The van der Waals surface area contributed by atoms with E-state index in [0.717, 1.165) is 54.7 Å². The summed E-state index contributed by atoms with van der Waals surface area (Å²) in [4.78, 5) is 2.21. The zero-order chi connectivity index (χ0) is 18.4. The molecule has 1 aliphatic carbocycles. The van der Waals surface area contributed by atoms with Crippen LogP contribution in [0.3, 0.4) is 0 Å². The molecule has 1 aliphatic heterocycles. The molecular formula is C20H28N2O3S. The fraction of sp³-hybridized carbons (Fsp3) is 0.550. The molecule has 0 amide bonds. The maximum absolute atomic E-state index is 5.82. The first kappa shape index (κ1) is 19.0. The molecule has 1 saturated carbocycles. The van der Waals surface area contributed by atoms with Gasteiger partial charge in [-0.05, 0) is 55.6 Å². The number of rotatable bonds is 9. The first-order valence-corrected chi connectivity index (χ1v) is 9.68. The normalized spacial score (nSPS) is 19.0. The Hall–Kier alpha value is -1.79. The molecule has 1 aromatic rings. The molecule has 0 aromatic heterocycles. The quantitative estimate of drug-likeness (QED) is 0.527. The van der Waals surface area contributed by atoms with Crippen molar-refractivity contribution in [3.63, 3.8) is 0 Å². The molecule has 0 radical (unpaired) electrons. The van der Waals surface area contributed by atoms with E-state index in [-0.39, 0.29) is 6.10 Å². The van der Waals surface area contributed by atoms with E-state index >= 15 is 0 Å². The van der Waals surface area contributed by atoms with E-state index in [0.29, 0.717) is 12.6 Å². The summed E-state index contributed by atoms with van der Waals surface area (Å²) in [7, 11) is 1.66. The summed E-state index contributed by atoms with van der Waals surface area (Å²) in [5.74, 6) is 1.45. The number of nitrogens with one attached hydrogen (secondary N) is 1. The summed E-state index contributed by atoms with van der Waals surface area (Å²) in [6.07, 6.45) is 6.61. The lowest BCUT2D eigenvalue weighted by Gasteiger charge is -2.28. The third-order valence-electron chi connectivity index (χ3n) is 4.60. The van der Waals surface area contributed by atoms with Gasteiger partial charge in [0.25, 0.3) is 0 Å². The van der Waals surface area contributed by atoms with Crippen LogP contribution in [-0.4, -0.2) is 49.0 Å². The number of thiocarbonyl (C=S) groups is 1. The van der Waals surface area contributed by atoms with E-state index in [2.05, 4.69) is 22.9 Å². The Morgan fingerprint density at radius 1 is 1.38 bits per heavy atom. The minimum Gasteiger partial charge on any atom is -0.493 e. The topological polar surface area (TPSA) is 43.0 Å². The molecule has 6 heteroatoms. The van der Waals surface area contributed by atoms with Crippen LogP contribution in [0, 0.1) is 0 Å². The largest absolute Gasteiger partial charge is 0.493 e. The van der Waals surface area contributed by atoms with Crippen molar-refractivity contribution in [1.29, 1.82) is 0 Å². The summed E-state index contributed by atoms with van der Waals surface area (Å²) in [5.41, 5.74) is 1.13. The average molecular weight is 377 g/mol. The Morgan fingerprint density at radius 3 is 2.88 bits per heavy atom. The van der Waals surface area contributed by atoms with Crippen molar-refractivity contribution in [2.24, 2.45) is 0 Å². The van der Waals surface area contributed by atoms with Crippen LogP contribution < -0.4 is 14.8 Å². The predicted molar refractivity (Wildman–Crippen MR) is 107 cm³/mol. The molecular weight excluding hydrogens is 348 g/mol. The van der Waals surface area contributed by atoms with Crippen molar-refractivity contribution in [2.45, 2.75) is 44.4 Å². The molecule has 0 bridgehead atoms. The average Bonchev–Trinajstić information content (AvgIpc) is 3.31. The molecule has 0 unspecified atom stereocenters. The molecule has 1 heterocycles. The van der Waals surface area contributed by atoms with Crippen molar-refractivity contribution in [1.82, 2.24) is 10.2 Å². The Kier molecular flexibility index (Phi) is 6.74. The second-order valence-corrected chi connectivity index (χ2v) is 7.21. The number of hydrogen-bond acceptors (Lipinski definition) is 4. The third-order valence-corrected chi connectivity index (χ3v) is 4.97. The van der Waals surface area contributed by atoms with Gasteiger partial charge >= 0.3 is 0 Å². The van der Waals surface area contributed by atoms with Gasteiger partial charge in [0.1, 0.15) is 6.61 Å². The Labute approximate surface area is 161 Å². The molecule has 2 aliphatic rings. The van der Waals surface area contributed by atoms with Crippen LogP contribution in [0.4, 0.5) is 0 Å². The fourth-order valence-corrected chi connectivity index (χ4v) is 3.35. The van der Waals surface area contributed by atoms with E-state index in [1.807, 2.05) is 12.1 Å². The molecule has 1 aromatic carbocycles. The summed E-state index contributed by atoms with van der Waals surface area (Å²) in [5, 5.41) is 4.26. The first-order valence-electron chi connectivity index (χ1n) is 9.27. The molecule has 2 fully saturated rings. The van der Waals surface area contributed by atoms with Gasteiger partial charge < -0.3 is 24.4 Å². The number of hydrogen-bond donors (Lipinski definition) is 1. The van der Waals surface area contributed by atoms with Crippen LogP contribution in [0.2, 0.25) is 0 Å². The lowest BCUT2D eigenvalue weighted by molar-refractivity contribution is 0.0897. The smallest absolute Gasteiger partial charge is 0.169 e. The highest BCUT2D eigenvalue weighted by atomic mass is 32.1. The van der Waals surface area contributed by atoms with Crippen LogP contribution in [0.5, 0.6) is 11.5 Å². The van der Waals surface area contributed by atoms with Gasteiger partial charge in [-0.25, -0.2) is 0 Å². The van der Waals surface area contributed by atoms with Crippen molar-refractivity contribution < 1.29 is 14.2 Å². The molecule has 26 heavy (non-hydrogen) atoms. The van der Waals surface area contributed by atoms with E-state index in [1.165, 1.54) is 12.8 Å². The van der Waals surface area contributed by atoms with E-state index in [4.69, 9.17) is 26.4 Å². The lowest BCUT2D eigenvalue weighted by Crippen LogP contribution is -2.43. The molecule has 142 valence electrons. The van der Waals surface area contributed by atoms with Gasteiger partial charge in [0.2, 0.25) is 0 Å². The monoisotopic (exact) mass is 376 g/mol. The highest BCUT2D eigenvalue weighted by molar-refractivity contribution is 7.80. The lowest BCUT2D eigenvalue weighted by atomic mass is 10.1. The van der Waals surface area contributed by atoms with Crippen LogP contribution in [-0.2, 0) is 11.3 Å². The van der Waals surface area contributed by atoms with Gasteiger partial charge in [-0.1, -0.05) is 18.7 Å². The number of ether oxygens (including phenoxy) is 3. The molecule has 5 nitrogen and oxygen atoms in total. The van der Waals surface area contributed by atoms with Crippen LogP contribution in [0.25, 0.3) is 0 Å². The summed E-state index contributed by atoms with van der Waals surface area (Å²) < 4.78 is 16.9. The van der Waals surface area contributed by atoms with E-state index in [9.17, 15) is 0 Å². The second kappa shape index (κ2) is 9.24. The zero-order valence-corrected chi connectivity index (χ0v) is 16.2. The van der Waals surface area contributed by atoms with E-state index < -0.39 is 0 Å². The maximum atomic E-state index is 5.82. The van der Waals surface area contributed by atoms with Crippen LogP contribution in [0.15, 0.2) is 30.9 Å². The first-order chi connectivity index (χ1) is 12.7.